The average molecular weight is 713 g/mol. The van der Waals surface area contributed by atoms with Crippen molar-refractivity contribution in [2.45, 2.75) is 0 Å². The Hall–Kier alpha value is -7.42. The average Bonchev–Trinajstić information content (AvgIpc) is 3.80. The monoisotopic (exact) mass is 712 g/mol. The maximum Gasteiger partial charge on any atom is 0.0542 e. The van der Waals surface area contributed by atoms with Crippen LogP contribution >= 0.6 is 0 Å². The zero-order chi connectivity index (χ0) is 37.0. The second-order valence-corrected chi connectivity index (χ2v) is 14.6. The van der Waals surface area contributed by atoms with Crippen molar-refractivity contribution in [1.29, 1.82) is 0 Å². The number of hydrogen-bond acceptors (Lipinski definition) is 0. The van der Waals surface area contributed by atoms with Crippen molar-refractivity contribution in [2.75, 3.05) is 0 Å². The van der Waals surface area contributed by atoms with Crippen LogP contribution in [0, 0.1) is 0 Å². The molecular weight excluding hydrogens is 677 g/mol. The molecule has 0 atom stereocenters. The Balaban J connectivity index is 1.12. The highest BCUT2D eigenvalue weighted by Gasteiger charge is 2.18. The molecule has 0 aliphatic heterocycles. The molecule has 9 aromatic carbocycles. The fourth-order valence-corrected chi connectivity index (χ4v) is 8.65. The van der Waals surface area contributed by atoms with Crippen LogP contribution in [0.4, 0.5) is 0 Å². The third-order valence-corrected chi connectivity index (χ3v) is 11.3. The number of fused-ring (bicyclic) bond motifs is 6. The maximum absolute atomic E-state index is 2.45. The van der Waals surface area contributed by atoms with Crippen LogP contribution in [-0.4, -0.2) is 9.13 Å². The van der Waals surface area contributed by atoms with E-state index in [0.29, 0.717) is 0 Å². The minimum atomic E-state index is 1.13. The third-order valence-electron chi connectivity index (χ3n) is 11.3. The number of hydrogen-bond donors (Lipinski definition) is 0. The molecular formula is C54H36N2. The zero-order valence-corrected chi connectivity index (χ0v) is 30.7. The maximum atomic E-state index is 2.45. The summed E-state index contributed by atoms with van der Waals surface area (Å²) in [4.78, 5) is 0. The van der Waals surface area contributed by atoms with Gasteiger partial charge in [-0.15, -0.1) is 0 Å². The van der Waals surface area contributed by atoms with Crippen LogP contribution in [0.5, 0.6) is 0 Å². The molecule has 11 rings (SSSR count). The van der Waals surface area contributed by atoms with Crippen molar-refractivity contribution in [1.82, 2.24) is 9.13 Å². The summed E-state index contributed by atoms with van der Waals surface area (Å²) >= 11 is 0. The molecule has 262 valence electrons. The van der Waals surface area contributed by atoms with Crippen LogP contribution in [0.15, 0.2) is 218 Å². The van der Waals surface area contributed by atoms with Crippen LogP contribution in [0.25, 0.3) is 99.5 Å². The first-order valence-corrected chi connectivity index (χ1v) is 19.3. The molecule has 2 nitrogen and oxygen atoms in total. The van der Waals surface area contributed by atoms with Gasteiger partial charge >= 0.3 is 0 Å². The summed E-state index contributed by atoms with van der Waals surface area (Å²) in [6, 6.07) is 79.5. The van der Waals surface area contributed by atoms with E-state index in [9.17, 15) is 0 Å². The predicted molar refractivity (Wildman–Crippen MR) is 237 cm³/mol. The highest BCUT2D eigenvalue weighted by atomic mass is 15.0. The fourth-order valence-electron chi connectivity index (χ4n) is 8.65. The molecule has 0 saturated heterocycles. The van der Waals surface area contributed by atoms with Gasteiger partial charge in [-0.05, 0) is 105 Å². The van der Waals surface area contributed by atoms with Gasteiger partial charge < -0.3 is 9.13 Å². The van der Waals surface area contributed by atoms with Crippen molar-refractivity contribution in [2.24, 2.45) is 0 Å². The van der Waals surface area contributed by atoms with E-state index in [-0.39, 0.29) is 0 Å². The second-order valence-electron chi connectivity index (χ2n) is 14.6. The molecule has 0 spiro atoms. The largest absolute Gasteiger partial charge is 0.309 e. The smallest absolute Gasteiger partial charge is 0.0542 e. The molecule has 0 bridgehead atoms. The summed E-state index contributed by atoms with van der Waals surface area (Å²) in [5.74, 6) is 0. The summed E-state index contributed by atoms with van der Waals surface area (Å²) in [6.45, 7) is 0. The second kappa shape index (κ2) is 13.2. The van der Waals surface area contributed by atoms with Crippen molar-refractivity contribution in [3.05, 3.63) is 218 Å². The summed E-state index contributed by atoms with van der Waals surface area (Å²) in [5, 5.41) is 4.99. The molecule has 0 aliphatic rings. The Morgan fingerprint density at radius 1 is 0.196 bits per heavy atom. The van der Waals surface area contributed by atoms with Gasteiger partial charge in [-0.3, -0.25) is 0 Å². The van der Waals surface area contributed by atoms with Gasteiger partial charge in [-0.1, -0.05) is 158 Å². The van der Waals surface area contributed by atoms with E-state index in [0.717, 1.165) is 11.4 Å². The summed E-state index contributed by atoms with van der Waals surface area (Å²) in [5.41, 5.74) is 16.6. The molecule has 0 N–H and O–H groups in total. The van der Waals surface area contributed by atoms with Crippen molar-refractivity contribution in [3.8, 4) is 55.9 Å². The molecule has 2 heterocycles. The Labute approximate surface area is 325 Å². The number of aromatic nitrogens is 2. The quantitative estimate of drug-likeness (QED) is 0.162. The van der Waals surface area contributed by atoms with E-state index in [1.807, 2.05) is 0 Å². The normalized spacial score (nSPS) is 11.6. The van der Waals surface area contributed by atoms with Crippen LogP contribution < -0.4 is 0 Å². The fraction of sp³-hybridized carbons (Fsp3) is 0. The van der Waals surface area contributed by atoms with Gasteiger partial charge in [0, 0.05) is 32.9 Å². The lowest BCUT2D eigenvalue weighted by Crippen LogP contribution is -1.97. The topological polar surface area (TPSA) is 9.86 Å². The minimum Gasteiger partial charge on any atom is -0.309 e. The van der Waals surface area contributed by atoms with Gasteiger partial charge in [0.15, 0.2) is 0 Å². The van der Waals surface area contributed by atoms with E-state index < -0.39 is 0 Å². The zero-order valence-electron chi connectivity index (χ0n) is 30.7. The predicted octanol–water partition coefficient (Wildman–Crippen LogP) is 14.5. The highest BCUT2D eigenvalue weighted by Crippen LogP contribution is 2.39. The molecule has 0 aliphatic carbocycles. The lowest BCUT2D eigenvalue weighted by atomic mass is 9.94. The van der Waals surface area contributed by atoms with Gasteiger partial charge in [0.2, 0.25) is 0 Å². The van der Waals surface area contributed by atoms with E-state index in [1.165, 1.54) is 88.1 Å². The molecule has 11 aromatic rings. The Kier molecular flexibility index (Phi) is 7.53. The molecule has 0 fully saturated rings. The molecule has 2 heteroatoms. The molecule has 0 unspecified atom stereocenters. The van der Waals surface area contributed by atoms with Crippen LogP contribution in [0.3, 0.4) is 0 Å². The highest BCUT2D eigenvalue weighted by molar-refractivity contribution is 6.12. The van der Waals surface area contributed by atoms with Crippen LogP contribution in [0.1, 0.15) is 0 Å². The van der Waals surface area contributed by atoms with Crippen LogP contribution in [0.2, 0.25) is 0 Å². The molecule has 0 radical (unpaired) electrons. The SMILES string of the molecule is c1ccc(-c2ccc(-c3cc(-c4cccc(-c5ccccc5)c4)cc(-n4c5ccccc5c5cc(-n6c7ccccc7c7ccccc76)ccc54)c3)cc2)cc1. The van der Waals surface area contributed by atoms with Crippen molar-refractivity contribution < 1.29 is 0 Å². The Morgan fingerprint density at radius 3 is 1.16 bits per heavy atom. The number of nitrogens with zero attached hydrogens (tertiary/aromatic N) is 2. The number of benzene rings is 9. The van der Waals surface area contributed by atoms with E-state index in [1.54, 1.807) is 0 Å². The van der Waals surface area contributed by atoms with Crippen molar-refractivity contribution in [3.63, 3.8) is 0 Å². The van der Waals surface area contributed by atoms with Gasteiger partial charge in [0.25, 0.3) is 0 Å². The first-order chi connectivity index (χ1) is 27.8. The molecule has 0 amide bonds. The van der Waals surface area contributed by atoms with Crippen LogP contribution in [-0.2, 0) is 0 Å². The standard InChI is InChI=1S/C54H36N2/c1-3-14-37(15-4-1)39-26-28-40(29-27-39)43-33-44(42-19-13-18-41(32-42)38-16-5-2-6-17-38)35-46(34-43)56-53-25-12-9-22-49(53)50-36-45(30-31-54(50)56)55-51-23-10-7-20-47(51)48-21-8-11-24-52(48)55/h1-36H. The van der Waals surface area contributed by atoms with Gasteiger partial charge in [0.1, 0.15) is 0 Å². The van der Waals surface area contributed by atoms with Gasteiger partial charge in [-0.2, -0.15) is 0 Å². The number of rotatable bonds is 6. The molecule has 0 saturated carbocycles. The van der Waals surface area contributed by atoms with Crippen molar-refractivity contribution >= 4 is 43.6 Å². The first kappa shape index (κ1) is 32.0. The number of para-hydroxylation sites is 3. The third kappa shape index (κ3) is 5.34. The molecule has 56 heavy (non-hydrogen) atoms. The molecule has 2 aromatic heterocycles. The lowest BCUT2D eigenvalue weighted by molar-refractivity contribution is 1.17. The lowest BCUT2D eigenvalue weighted by Gasteiger charge is -2.15. The summed E-state index contributed by atoms with van der Waals surface area (Å²) < 4.78 is 4.86. The van der Waals surface area contributed by atoms with Gasteiger partial charge in [0.05, 0.1) is 22.1 Å². The van der Waals surface area contributed by atoms with Gasteiger partial charge in [-0.25, -0.2) is 0 Å². The summed E-state index contributed by atoms with van der Waals surface area (Å²) in [7, 11) is 0. The first-order valence-electron chi connectivity index (χ1n) is 19.3. The Bertz CT molecular complexity index is 3170. The van der Waals surface area contributed by atoms with E-state index in [4.69, 9.17) is 0 Å². The summed E-state index contributed by atoms with van der Waals surface area (Å²) in [6.07, 6.45) is 0. The minimum absolute atomic E-state index is 1.13. The Morgan fingerprint density at radius 2 is 0.571 bits per heavy atom. The van der Waals surface area contributed by atoms with E-state index >= 15 is 0 Å². The van der Waals surface area contributed by atoms with E-state index in [2.05, 4.69) is 228 Å².